The highest BCUT2D eigenvalue weighted by Gasteiger charge is 2.41. The molecule has 0 aliphatic rings. The number of hydrogen-bond donors (Lipinski definition) is 0. The first-order chi connectivity index (χ1) is 34.5. The van der Waals surface area contributed by atoms with Crippen molar-refractivity contribution in [3.8, 4) is 59.7 Å². The van der Waals surface area contributed by atoms with Gasteiger partial charge in [-0.15, -0.1) is 6.42 Å². The molecule has 0 aliphatic heterocycles. The van der Waals surface area contributed by atoms with Crippen molar-refractivity contribution in [2.45, 2.75) is 35.5 Å². The van der Waals surface area contributed by atoms with E-state index in [0.717, 1.165) is 85.5 Å². The molecular weight excluding hydrogens is 941 g/mol. The van der Waals surface area contributed by atoms with Crippen molar-refractivity contribution in [3.05, 3.63) is 244 Å². The summed E-state index contributed by atoms with van der Waals surface area (Å²) in [5, 5.41) is 4.76. The van der Waals surface area contributed by atoms with E-state index in [-0.39, 0.29) is 15.3 Å². The van der Waals surface area contributed by atoms with Crippen molar-refractivity contribution in [1.82, 2.24) is 0 Å². The van der Waals surface area contributed by atoms with Gasteiger partial charge in [-0.2, -0.15) is 0 Å². The van der Waals surface area contributed by atoms with E-state index in [0.29, 0.717) is 0 Å². The first-order valence-corrected chi connectivity index (χ1v) is 26.9. The van der Waals surface area contributed by atoms with E-state index in [9.17, 15) is 14.4 Å². The number of terminal acetylenes is 1. The number of rotatable bonds is 7. The monoisotopic (exact) mass is 982 g/mol. The standard InChI is InChI=1S/C64H42O3S3Si/c1-5-49-6-8-50(9-7-49)10-14-54-24-38-61(39-25-54)71(62-40-26-55(27-41-62)15-11-51-18-32-58(33-19-51)68-46(2)65,63-42-28-56(29-43-63)16-12-52-20-34-59(35-21-52)69-47(3)66)64-44-30-57(31-45-64)17-13-53-22-36-60(37-23-53)70-48(4)67/h1,6-9,18-45H,2-4H3. The van der Waals surface area contributed by atoms with E-state index in [2.05, 4.69) is 150 Å². The Kier molecular flexibility index (Phi) is 16.3. The van der Waals surface area contributed by atoms with E-state index in [1.165, 1.54) is 35.3 Å². The predicted molar refractivity (Wildman–Crippen MR) is 297 cm³/mol. The van der Waals surface area contributed by atoms with Crippen LogP contribution in [0.15, 0.2) is 209 Å². The molecule has 0 atom stereocenters. The van der Waals surface area contributed by atoms with Gasteiger partial charge in [-0.05, 0) is 166 Å². The van der Waals surface area contributed by atoms with Crippen molar-refractivity contribution in [2.24, 2.45) is 0 Å². The molecule has 0 radical (unpaired) electrons. The number of benzene rings is 8. The normalized spacial score (nSPS) is 10.3. The van der Waals surface area contributed by atoms with Crippen LogP contribution in [-0.2, 0) is 14.4 Å². The number of thioether (sulfide) groups is 3. The lowest BCUT2D eigenvalue weighted by atomic mass is 10.1. The highest BCUT2D eigenvalue weighted by Crippen LogP contribution is 2.21. The molecular formula is C64H42O3S3Si. The summed E-state index contributed by atoms with van der Waals surface area (Å²) in [6, 6.07) is 65.2. The molecule has 0 unspecified atom stereocenters. The maximum atomic E-state index is 11.6. The zero-order valence-corrected chi connectivity index (χ0v) is 42.5. The van der Waals surface area contributed by atoms with Gasteiger partial charge in [0, 0.05) is 85.5 Å². The number of carbonyl (C=O) groups excluding carboxylic acids is 3. The Bertz CT molecular complexity index is 3260. The lowest BCUT2D eigenvalue weighted by Crippen LogP contribution is -2.74. The molecule has 0 fully saturated rings. The van der Waals surface area contributed by atoms with Crippen LogP contribution in [0.2, 0.25) is 0 Å². The quantitative estimate of drug-likeness (QED) is 0.0687. The van der Waals surface area contributed by atoms with Crippen LogP contribution < -0.4 is 20.7 Å². The molecule has 71 heavy (non-hydrogen) atoms. The SMILES string of the molecule is C#Cc1ccc(C#Cc2ccc([Si](c3ccc(C#Cc4ccc(SC(C)=O)cc4)cc3)(c3ccc(C#Cc4ccc(SC(C)=O)cc4)cc3)c3ccc(C#Cc4ccc(SC(C)=O)cc4)cc3)cc2)cc1. The molecule has 0 aromatic heterocycles. The molecule has 0 N–H and O–H groups in total. The van der Waals surface area contributed by atoms with E-state index < -0.39 is 8.07 Å². The van der Waals surface area contributed by atoms with Gasteiger partial charge in [-0.1, -0.05) is 137 Å². The fourth-order valence-electron chi connectivity index (χ4n) is 7.76. The highest BCUT2D eigenvalue weighted by atomic mass is 32.2. The second kappa shape index (κ2) is 23.4. The molecule has 8 aromatic rings. The Morgan fingerprint density at radius 2 is 0.465 bits per heavy atom. The van der Waals surface area contributed by atoms with Crippen molar-refractivity contribution < 1.29 is 14.4 Å². The summed E-state index contributed by atoms with van der Waals surface area (Å²) in [5.41, 5.74) is 7.76. The predicted octanol–water partition coefficient (Wildman–Crippen LogP) is 10.6. The Hall–Kier alpha value is -8.16. The van der Waals surface area contributed by atoms with Crippen LogP contribution >= 0.6 is 35.3 Å². The Morgan fingerprint density at radius 3 is 0.648 bits per heavy atom. The van der Waals surface area contributed by atoms with Gasteiger partial charge < -0.3 is 0 Å². The first-order valence-electron chi connectivity index (χ1n) is 22.4. The summed E-state index contributed by atoms with van der Waals surface area (Å²) in [5.74, 6) is 29.3. The third kappa shape index (κ3) is 13.1. The molecule has 0 saturated carbocycles. The molecule has 338 valence electrons. The summed E-state index contributed by atoms with van der Waals surface area (Å²) in [4.78, 5) is 37.5. The minimum atomic E-state index is -3.11. The zero-order chi connectivity index (χ0) is 49.6. The average Bonchev–Trinajstić information content (AvgIpc) is 3.38. The smallest absolute Gasteiger partial charge is 0.190 e. The molecule has 0 aliphatic carbocycles. The molecule has 0 heterocycles. The summed E-state index contributed by atoms with van der Waals surface area (Å²) in [7, 11) is -3.11. The topological polar surface area (TPSA) is 51.2 Å². The minimum Gasteiger partial charge on any atom is -0.287 e. The Labute approximate surface area is 430 Å². The molecule has 0 amide bonds. The van der Waals surface area contributed by atoms with Gasteiger partial charge in [0.15, 0.2) is 23.4 Å². The maximum Gasteiger partial charge on any atom is 0.190 e. The van der Waals surface area contributed by atoms with Crippen LogP contribution in [0.3, 0.4) is 0 Å². The number of hydrogen-bond acceptors (Lipinski definition) is 6. The van der Waals surface area contributed by atoms with Gasteiger partial charge in [0.25, 0.3) is 0 Å². The maximum absolute atomic E-state index is 11.6. The fraction of sp³-hybridized carbons (Fsp3) is 0.0469. The van der Waals surface area contributed by atoms with Gasteiger partial charge in [0.2, 0.25) is 0 Å². The van der Waals surface area contributed by atoms with E-state index in [1.807, 2.05) is 97.1 Å². The molecule has 0 spiro atoms. The number of carbonyl (C=O) groups is 3. The minimum absolute atomic E-state index is 0.0410. The molecule has 7 heteroatoms. The summed E-state index contributed by atoms with van der Waals surface area (Å²) >= 11 is 3.61. The molecule has 8 rings (SSSR count). The van der Waals surface area contributed by atoms with Gasteiger partial charge in [-0.3, -0.25) is 14.4 Å². The van der Waals surface area contributed by atoms with Crippen LogP contribution in [0.25, 0.3) is 0 Å². The van der Waals surface area contributed by atoms with Crippen LogP contribution in [0.4, 0.5) is 0 Å². The van der Waals surface area contributed by atoms with Gasteiger partial charge in [-0.25, -0.2) is 0 Å². The second-order valence-electron chi connectivity index (χ2n) is 16.1. The third-order valence-electron chi connectivity index (χ3n) is 11.1. The van der Waals surface area contributed by atoms with Crippen molar-refractivity contribution in [1.29, 1.82) is 0 Å². The van der Waals surface area contributed by atoms with Crippen LogP contribution in [0.5, 0.6) is 0 Å². The van der Waals surface area contributed by atoms with Crippen molar-refractivity contribution in [2.75, 3.05) is 0 Å². The fourth-order valence-corrected chi connectivity index (χ4v) is 14.2. The summed E-state index contributed by atoms with van der Waals surface area (Å²) < 4.78 is 0. The molecule has 3 nitrogen and oxygen atoms in total. The molecule has 0 saturated heterocycles. The van der Waals surface area contributed by atoms with Gasteiger partial charge in [0.05, 0.1) is 0 Å². The molecule has 0 bridgehead atoms. The van der Waals surface area contributed by atoms with Gasteiger partial charge in [0.1, 0.15) is 0 Å². The van der Waals surface area contributed by atoms with E-state index in [4.69, 9.17) is 6.42 Å². The first kappa shape index (κ1) is 49.3. The zero-order valence-electron chi connectivity index (χ0n) is 39.0. The van der Waals surface area contributed by atoms with Crippen LogP contribution in [0.1, 0.15) is 70.8 Å². The Balaban J connectivity index is 1.22. The summed E-state index contributed by atoms with van der Waals surface area (Å²) in [6.07, 6.45) is 5.59. The van der Waals surface area contributed by atoms with Gasteiger partial charge >= 0.3 is 0 Å². The van der Waals surface area contributed by atoms with Crippen LogP contribution in [-0.4, -0.2) is 23.4 Å². The lowest BCUT2D eigenvalue weighted by Gasteiger charge is -2.34. The van der Waals surface area contributed by atoms with E-state index >= 15 is 0 Å². The average molecular weight is 983 g/mol. The Morgan fingerprint density at radius 1 is 0.296 bits per heavy atom. The van der Waals surface area contributed by atoms with Crippen LogP contribution in [0, 0.1) is 59.7 Å². The summed E-state index contributed by atoms with van der Waals surface area (Å²) in [6.45, 7) is 4.68. The van der Waals surface area contributed by atoms with Crippen molar-refractivity contribution in [3.63, 3.8) is 0 Å². The second-order valence-corrected chi connectivity index (χ2v) is 23.7. The largest absolute Gasteiger partial charge is 0.287 e. The van der Waals surface area contributed by atoms with Crippen molar-refractivity contribution >= 4 is 79.5 Å². The molecule has 8 aromatic carbocycles. The van der Waals surface area contributed by atoms with E-state index in [1.54, 1.807) is 20.8 Å². The third-order valence-corrected chi connectivity index (χ3v) is 18.3. The highest BCUT2D eigenvalue weighted by molar-refractivity contribution is 8.14. The lowest BCUT2D eigenvalue weighted by molar-refractivity contribution is -0.109.